The van der Waals surface area contributed by atoms with Crippen molar-refractivity contribution in [3.05, 3.63) is 29.8 Å². The molecule has 0 amide bonds. The summed E-state index contributed by atoms with van der Waals surface area (Å²) in [6, 6.07) is 7.94. The summed E-state index contributed by atoms with van der Waals surface area (Å²) < 4.78 is 10.1. The number of nitrogens with two attached hydrogens (primary N) is 1. The van der Waals surface area contributed by atoms with E-state index in [0.29, 0.717) is 12.5 Å². The first-order valence-electron chi connectivity index (χ1n) is 7.07. The first-order chi connectivity index (χ1) is 9.66. The van der Waals surface area contributed by atoms with E-state index in [1.165, 1.54) is 12.7 Å². The summed E-state index contributed by atoms with van der Waals surface area (Å²) in [5.41, 5.74) is 6.60. The van der Waals surface area contributed by atoms with Crippen molar-refractivity contribution in [1.82, 2.24) is 0 Å². The molecule has 20 heavy (non-hydrogen) atoms. The fourth-order valence-electron chi connectivity index (χ4n) is 2.82. The predicted molar refractivity (Wildman–Crippen MR) is 77.5 cm³/mol. The number of hydrogen-bond donors (Lipinski definition) is 1. The molecular weight excluding hydrogens is 254 g/mol. The van der Waals surface area contributed by atoms with Gasteiger partial charge in [-0.2, -0.15) is 0 Å². The fourth-order valence-corrected chi connectivity index (χ4v) is 2.82. The van der Waals surface area contributed by atoms with Gasteiger partial charge in [0.2, 0.25) is 0 Å². The van der Waals surface area contributed by atoms with Gasteiger partial charge in [0.25, 0.3) is 0 Å². The van der Waals surface area contributed by atoms with E-state index >= 15 is 0 Å². The molecule has 1 saturated carbocycles. The van der Waals surface area contributed by atoms with E-state index < -0.39 is 5.41 Å². The number of hydrogen-bond acceptors (Lipinski definition) is 4. The molecule has 1 fully saturated rings. The Morgan fingerprint density at radius 1 is 1.30 bits per heavy atom. The van der Waals surface area contributed by atoms with Gasteiger partial charge in [-0.3, -0.25) is 4.79 Å². The van der Waals surface area contributed by atoms with Gasteiger partial charge in [0.1, 0.15) is 5.75 Å². The lowest BCUT2D eigenvalue weighted by Crippen LogP contribution is -2.42. The SMILES string of the molecule is COC(=O)C(CN)(CCc1ccc(OC)cc1)C1CC1. The quantitative estimate of drug-likeness (QED) is 0.776. The monoisotopic (exact) mass is 277 g/mol. The summed E-state index contributed by atoms with van der Waals surface area (Å²) >= 11 is 0. The van der Waals surface area contributed by atoms with Crippen molar-refractivity contribution in [3.63, 3.8) is 0 Å². The molecule has 1 aromatic rings. The molecule has 1 aromatic carbocycles. The lowest BCUT2D eigenvalue weighted by atomic mass is 9.77. The van der Waals surface area contributed by atoms with E-state index in [1.54, 1.807) is 7.11 Å². The highest BCUT2D eigenvalue weighted by Crippen LogP contribution is 2.48. The minimum Gasteiger partial charge on any atom is -0.497 e. The van der Waals surface area contributed by atoms with Crippen LogP contribution in [0, 0.1) is 11.3 Å². The van der Waals surface area contributed by atoms with Crippen molar-refractivity contribution in [2.75, 3.05) is 20.8 Å². The summed E-state index contributed by atoms with van der Waals surface area (Å²) in [4.78, 5) is 12.1. The summed E-state index contributed by atoms with van der Waals surface area (Å²) in [5, 5.41) is 0. The number of methoxy groups -OCH3 is 2. The number of aryl methyl sites for hydroxylation is 1. The van der Waals surface area contributed by atoms with E-state index in [-0.39, 0.29) is 5.97 Å². The van der Waals surface area contributed by atoms with Gasteiger partial charge in [0.15, 0.2) is 0 Å². The molecule has 0 spiro atoms. The molecule has 4 nitrogen and oxygen atoms in total. The molecule has 0 bridgehead atoms. The highest BCUT2D eigenvalue weighted by atomic mass is 16.5. The summed E-state index contributed by atoms with van der Waals surface area (Å²) in [6.07, 6.45) is 3.73. The number of benzene rings is 1. The number of esters is 1. The Hall–Kier alpha value is -1.55. The molecule has 1 aliphatic rings. The smallest absolute Gasteiger partial charge is 0.313 e. The Morgan fingerprint density at radius 2 is 1.95 bits per heavy atom. The molecule has 2 N–H and O–H groups in total. The van der Waals surface area contributed by atoms with Gasteiger partial charge in [-0.25, -0.2) is 0 Å². The average Bonchev–Trinajstić information content (AvgIpc) is 3.33. The first kappa shape index (κ1) is 14.9. The zero-order valence-electron chi connectivity index (χ0n) is 12.2. The largest absolute Gasteiger partial charge is 0.497 e. The maximum atomic E-state index is 12.1. The van der Waals surface area contributed by atoms with Crippen LogP contribution in [0.5, 0.6) is 5.75 Å². The maximum Gasteiger partial charge on any atom is 0.313 e. The van der Waals surface area contributed by atoms with Crippen LogP contribution in [0.4, 0.5) is 0 Å². The second kappa shape index (κ2) is 6.27. The topological polar surface area (TPSA) is 61.5 Å². The van der Waals surface area contributed by atoms with Crippen molar-refractivity contribution < 1.29 is 14.3 Å². The molecule has 1 unspecified atom stereocenters. The Labute approximate surface area is 120 Å². The van der Waals surface area contributed by atoms with Crippen LogP contribution >= 0.6 is 0 Å². The van der Waals surface area contributed by atoms with Crippen LogP contribution in [0.2, 0.25) is 0 Å². The second-order valence-corrected chi connectivity index (χ2v) is 5.47. The molecular formula is C16H23NO3. The van der Waals surface area contributed by atoms with Gasteiger partial charge in [-0.05, 0) is 49.3 Å². The minimum absolute atomic E-state index is 0.156. The summed E-state index contributed by atoms with van der Waals surface area (Å²) in [7, 11) is 3.10. The number of carbonyl (C=O) groups excluding carboxylic acids is 1. The molecule has 0 radical (unpaired) electrons. The van der Waals surface area contributed by atoms with Gasteiger partial charge >= 0.3 is 5.97 Å². The van der Waals surface area contributed by atoms with Crippen molar-refractivity contribution in [1.29, 1.82) is 0 Å². The third-order valence-corrected chi connectivity index (χ3v) is 4.33. The average molecular weight is 277 g/mol. The van der Waals surface area contributed by atoms with E-state index in [1.807, 2.05) is 24.3 Å². The Balaban J connectivity index is 2.06. The number of ether oxygens (including phenoxy) is 2. The van der Waals surface area contributed by atoms with Crippen LogP contribution in [0.3, 0.4) is 0 Å². The molecule has 4 heteroatoms. The van der Waals surface area contributed by atoms with Crippen LogP contribution in [-0.2, 0) is 16.0 Å². The maximum absolute atomic E-state index is 12.1. The zero-order chi connectivity index (χ0) is 14.6. The van der Waals surface area contributed by atoms with Gasteiger partial charge in [-0.1, -0.05) is 12.1 Å². The Morgan fingerprint density at radius 3 is 2.40 bits per heavy atom. The predicted octanol–water partition coefficient (Wildman–Crippen LogP) is 2.16. The van der Waals surface area contributed by atoms with Crippen molar-refractivity contribution in [2.24, 2.45) is 17.1 Å². The van der Waals surface area contributed by atoms with E-state index in [0.717, 1.165) is 31.4 Å². The molecule has 1 aliphatic carbocycles. The number of carbonyl (C=O) groups is 1. The number of rotatable bonds is 7. The molecule has 0 saturated heterocycles. The lowest BCUT2D eigenvalue weighted by Gasteiger charge is -2.29. The third-order valence-electron chi connectivity index (χ3n) is 4.33. The Bertz CT molecular complexity index is 453. The van der Waals surface area contributed by atoms with Crippen LogP contribution in [0.25, 0.3) is 0 Å². The highest BCUT2D eigenvalue weighted by Gasteiger charge is 2.50. The van der Waals surface area contributed by atoms with E-state index in [9.17, 15) is 4.79 Å². The summed E-state index contributed by atoms with van der Waals surface area (Å²) in [5.74, 6) is 1.07. The minimum atomic E-state index is -0.505. The molecule has 1 atom stereocenters. The van der Waals surface area contributed by atoms with Crippen LogP contribution < -0.4 is 10.5 Å². The van der Waals surface area contributed by atoms with Crippen molar-refractivity contribution in [3.8, 4) is 5.75 Å². The second-order valence-electron chi connectivity index (χ2n) is 5.47. The fraction of sp³-hybridized carbons (Fsp3) is 0.562. The van der Waals surface area contributed by atoms with E-state index in [4.69, 9.17) is 15.2 Å². The third kappa shape index (κ3) is 2.96. The van der Waals surface area contributed by atoms with Gasteiger partial charge < -0.3 is 15.2 Å². The molecule has 0 aromatic heterocycles. The molecule has 0 aliphatic heterocycles. The first-order valence-corrected chi connectivity index (χ1v) is 7.07. The Kier molecular flexibility index (Phi) is 4.65. The van der Waals surface area contributed by atoms with Crippen molar-refractivity contribution >= 4 is 5.97 Å². The standard InChI is InChI=1S/C16H23NO3/c1-19-14-7-3-12(4-8-14)9-10-16(11-17,13-5-6-13)15(18)20-2/h3-4,7-8,13H,5-6,9-11,17H2,1-2H3. The van der Waals surface area contributed by atoms with Gasteiger partial charge in [-0.15, -0.1) is 0 Å². The van der Waals surface area contributed by atoms with Gasteiger partial charge in [0.05, 0.1) is 19.6 Å². The summed E-state index contributed by atoms with van der Waals surface area (Å²) in [6.45, 7) is 0.362. The van der Waals surface area contributed by atoms with Crippen LogP contribution in [-0.4, -0.2) is 26.7 Å². The highest BCUT2D eigenvalue weighted by molar-refractivity contribution is 5.78. The lowest BCUT2D eigenvalue weighted by molar-refractivity contribution is -0.154. The van der Waals surface area contributed by atoms with Crippen LogP contribution in [0.1, 0.15) is 24.8 Å². The van der Waals surface area contributed by atoms with Gasteiger partial charge in [0, 0.05) is 6.54 Å². The molecule has 2 rings (SSSR count). The molecule has 110 valence electrons. The van der Waals surface area contributed by atoms with E-state index in [2.05, 4.69) is 0 Å². The van der Waals surface area contributed by atoms with Crippen LogP contribution in [0.15, 0.2) is 24.3 Å². The zero-order valence-corrected chi connectivity index (χ0v) is 12.2. The van der Waals surface area contributed by atoms with Crippen molar-refractivity contribution in [2.45, 2.75) is 25.7 Å². The normalized spacial score (nSPS) is 17.4. The molecule has 0 heterocycles.